The van der Waals surface area contributed by atoms with Crippen molar-refractivity contribution in [3.63, 3.8) is 0 Å². The van der Waals surface area contributed by atoms with Gasteiger partial charge in [-0.2, -0.15) is 0 Å². The van der Waals surface area contributed by atoms with E-state index in [0.29, 0.717) is 5.02 Å². The van der Waals surface area contributed by atoms with Crippen molar-refractivity contribution in [3.05, 3.63) is 28.8 Å². The minimum Gasteiger partial charge on any atom is -0.480 e. The first kappa shape index (κ1) is 10.9. The Balaban J connectivity index is 2.82. The van der Waals surface area contributed by atoms with E-state index in [0.717, 1.165) is 11.3 Å². The maximum absolute atomic E-state index is 10.6. The van der Waals surface area contributed by atoms with E-state index >= 15 is 0 Å². The van der Waals surface area contributed by atoms with E-state index in [9.17, 15) is 4.79 Å². The summed E-state index contributed by atoms with van der Waals surface area (Å²) in [5.41, 5.74) is 1.73. The molecule has 0 aliphatic carbocycles. The highest BCUT2D eigenvalue weighted by Gasteiger charge is 2.10. The maximum Gasteiger partial charge on any atom is 0.325 e. The van der Waals surface area contributed by atoms with Gasteiger partial charge in [0.15, 0.2) is 0 Å². The number of hydrogen-bond donors (Lipinski definition) is 2. The number of nitrogens with one attached hydrogen (secondary N) is 1. The number of benzene rings is 1. The molecule has 0 fully saturated rings. The predicted molar refractivity (Wildman–Crippen MR) is 56.9 cm³/mol. The fourth-order valence-electron chi connectivity index (χ4n) is 1.08. The molecule has 0 saturated carbocycles. The number of hydrogen-bond acceptors (Lipinski definition) is 2. The SMILES string of the molecule is Cc1cc(Cl)ccc1NC(C)C(=O)O. The molecule has 0 saturated heterocycles. The summed E-state index contributed by atoms with van der Waals surface area (Å²) in [7, 11) is 0. The first-order valence-corrected chi connectivity index (χ1v) is 4.64. The summed E-state index contributed by atoms with van der Waals surface area (Å²) in [6.07, 6.45) is 0. The molecule has 1 aromatic carbocycles. The van der Waals surface area contributed by atoms with E-state index in [1.54, 1.807) is 25.1 Å². The molecule has 0 aliphatic rings. The molecular formula is C10H12ClNO2. The van der Waals surface area contributed by atoms with E-state index in [2.05, 4.69) is 5.32 Å². The lowest BCUT2D eigenvalue weighted by Crippen LogP contribution is -2.25. The van der Waals surface area contributed by atoms with Crippen molar-refractivity contribution in [1.29, 1.82) is 0 Å². The summed E-state index contributed by atoms with van der Waals surface area (Å²) in [4.78, 5) is 10.6. The lowest BCUT2D eigenvalue weighted by molar-refractivity contribution is -0.137. The Morgan fingerprint density at radius 1 is 1.57 bits per heavy atom. The third kappa shape index (κ3) is 2.64. The molecule has 2 N–H and O–H groups in total. The van der Waals surface area contributed by atoms with Crippen molar-refractivity contribution in [1.82, 2.24) is 0 Å². The average Bonchev–Trinajstić information content (AvgIpc) is 2.09. The molecule has 1 atom stereocenters. The molecule has 76 valence electrons. The number of rotatable bonds is 3. The highest BCUT2D eigenvalue weighted by atomic mass is 35.5. The zero-order valence-corrected chi connectivity index (χ0v) is 8.80. The smallest absolute Gasteiger partial charge is 0.325 e. The minimum absolute atomic E-state index is 0.602. The van der Waals surface area contributed by atoms with Crippen molar-refractivity contribution < 1.29 is 9.90 Å². The van der Waals surface area contributed by atoms with Crippen molar-refractivity contribution >= 4 is 23.3 Å². The molecule has 0 amide bonds. The standard InChI is InChI=1S/C10H12ClNO2/c1-6-5-8(11)3-4-9(6)12-7(2)10(13)14/h3-5,7,12H,1-2H3,(H,13,14). The highest BCUT2D eigenvalue weighted by molar-refractivity contribution is 6.30. The van der Waals surface area contributed by atoms with Gasteiger partial charge in [0.1, 0.15) is 6.04 Å². The molecule has 1 unspecified atom stereocenters. The van der Waals surface area contributed by atoms with Gasteiger partial charge in [-0.15, -0.1) is 0 Å². The zero-order valence-electron chi connectivity index (χ0n) is 8.04. The van der Waals surface area contributed by atoms with Gasteiger partial charge in [0.05, 0.1) is 0 Å². The average molecular weight is 214 g/mol. The molecule has 0 radical (unpaired) electrons. The fraction of sp³-hybridized carbons (Fsp3) is 0.300. The predicted octanol–water partition coefficient (Wildman–Crippen LogP) is 2.53. The quantitative estimate of drug-likeness (QED) is 0.811. The Kier molecular flexibility index (Phi) is 3.36. The van der Waals surface area contributed by atoms with Crippen LogP contribution in [0.3, 0.4) is 0 Å². The topological polar surface area (TPSA) is 49.3 Å². The number of carboxylic acids is 1. The second-order valence-electron chi connectivity index (χ2n) is 3.16. The van der Waals surface area contributed by atoms with Crippen LogP contribution in [-0.2, 0) is 4.79 Å². The van der Waals surface area contributed by atoms with Gasteiger partial charge in [-0.3, -0.25) is 4.79 Å². The highest BCUT2D eigenvalue weighted by Crippen LogP contribution is 2.20. The molecule has 3 nitrogen and oxygen atoms in total. The lowest BCUT2D eigenvalue weighted by Gasteiger charge is -2.13. The van der Waals surface area contributed by atoms with Crippen LogP contribution < -0.4 is 5.32 Å². The summed E-state index contributed by atoms with van der Waals surface area (Å²) < 4.78 is 0. The van der Waals surface area contributed by atoms with Crippen molar-refractivity contribution in [3.8, 4) is 0 Å². The fourth-order valence-corrected chi connectivity index (χ4v) is 1.31. The maximum atomic E-state index is 10.6. The number of aryl methyl sites for hydroxylation is 1. The van der Waals surface area contributed by atoms with Crippen LogP contribution >= 0.6 is 11.6 Å². The third-order valence-corrected chi connectivity index (χ3v) is 2.17. The van der Waals surface area contributed by atoms with E-state index in [-0.39, 0.29) is 0 Å². The Morgan fingerprint density at radius 2 is 2.21 bits per heavy atom. The summed E-state index contributed by atoms with van der Waals surface area (Å²) in [6, 6.07) is 4.69. The van der Waals surface area contributed by atoms with Gasteiger partial charge in [-0.1, -0.05) is 11.6 Å². The largest absolute Gasteiger partial charge is 0.480 e. The second-order valence-corrected chi connectivity index (χ2v) is 3.60. The number of anilines is 1. The summed E-state index contributed by atoms with van der Waals surface area (Å²) in [5, 5.41) is 12.2. The van der Waals surface area contributed by atoms with E-state index in [1.807, 2.05) is 6.92 Å². The molecule has 14 heavy (non-hydrogen) atoms. The molecule has 4 heteroatoms. The number of carbonyl (C=O) groups is 1. The van der Waals surface area contributed by atoms with Crippen LogP contribution in [0.5, 0.6) is 0 Å². The molecule has 0 aliphatic heterocycles. The molecule has 1 aromatic rings. The van der Waals surface area contributed by atoms with Crippen molar-refractivity contribution in [2.75, 3.05) is 5.32 Å². The number of halogens is 1. The zero-order chi connectivity index (χ0) is 10.7. The van der Waals surface area contributed by atoms with Gasteiger partial charge in [0.2, 0.25) is 0 Å². The van der Waals surface area contributed by atoms with Crippen LogP contribution in [-0.4, -0.2) is 17.1 Å². The third-order valence-electron chi connectivity index (χ3n) is 1.93. The molecule has 0 aromatic heterocycles. The second kappa shape index (κ2) is 4.33. The van der Waals surface area contributed by atoms with E-state index < -0.39 is 12.0 Å². The van der Waals surface area contributed by atoms with Crippen LogP contribution in [0.2, 0.25) is 5.02 Å². The van der Waals surface area contributed by atoms with Crippen LogP contribution in [0.4, 0.5) is 5.69 Å². The van der Waals surface area contributed by atoms with Crippen LogP contribution in [0, 0.1) is 6.92 Å². The van der Waals surface area contributed by atoms with E-state index in [4.69, 9.17) is 16.7 Å². The molecule has 0 spiro atoms. The van der Waals surface area contributed by atoms with Gasteiger partial charge in [-0.05, 0) is 37.6 Å². The summed E-state index contributed by atoms with van der Waals surface area (Å²) in [5.74, 6) is -0.876. The van der Waals surface area contributed by atoms with Gasteiger partial charge in [0, 0.05) is 10.7 Å². The Morgan fingerprint density at radius 3 is 2.71 bits per heavy atom. The number of aliphatic carboxylic acids is 1. The molecule has 0 bridgehead atoms. The summed E-state index contributed by atoms with van der Waals surface area (Å²) >= 11 is 5.77. The van der Waals surface area contributed by atoms with Gasteiger partial charge in [0.25, 0.3) is 0 Å². The normalized spacial score (nSPS) is 12.2. The minimum atomic E-state index is -0.876. The Bertz CT molecular complexity index is 352. The van der Waals surface area contributed by atoms with Crippen LogP contribution in [0.25, 0.3) is 0 Å². The van der Waals surface area contributed by atoms with Crippen molar-refractivity contribution in [2.45, 2.75) is 19.9 Å². The van der Waals surface area contributed by atoms with Gasteiger partial charge < -0.3 is 10.4 Å². The molecular weight excluding hydrogens is 202 g/mol. The van der Waals surface area contributed by atoms with Crippen LogP contribution in [0.15, 0.2) is 18.2 Å². The van der Waals surface area contributed by atoms with Crippen LogP contribution in [0.1, 0.15) is 12.5 Å². The molecule has 0 heterocycles. The van der Waals surface area contributed by atoms with E-state index in [1.165, 1.54) is 0 Å². The van der Waals surface area contributed by atoms with Gasteiger partial charge in [-0.25, -0.2) is 0 Å². The Labute approximate surface area is 87.7 Å². The monoisotopic (exact) mass is 213 g/mol. The Hall–Kier alpha value is -1.22. The molecule has 1 rings (SSSR count). The lowest BCUT2D eigenvalue weighted by atomic mass is 10.2. The van der Waals surface area contributed by atoms with Gasteiger partial charge >= 0.3 is 5.97 Å². The summed E-state index contributed by atoms with van der Waals surface area (Å²) in [6.45, 7) is 3.47. The first-order chi connectivity index (χ1) is 6.50. The first-order valence-electron chi connectivity index (χ1n) is 4.26. The number of carboxylic acid groups (broad SMARTS) is 1. The van der Waals surface area contributed by atoms with Crippen molar-refractivity contribution in [2.24, 2.45) is 0 Å².